The largest absolute Gasteiger partial charge is 0.465 e. The van der Waals surface area contributed by atoms with Crippen LogP contribution in [0.1, 0.15) is 13.8 Å². The molecular formula is C11H15BrN2O4S. The number of ether oxygens (including phenoxy) is 1. The lowest BCUT2D eigenvalue weighted by atomic mass is 10.3. The van der Waals surface area contributed by atoms with Gasteiger partial charge >= 0.3 is 5.97 Å². The molecule has 0 fully saturated rings. The normalized spacial score (nSPS) is 13.0. The van der Waals surface area contributed by atoms with Crippen molar-refractivity contribution in [2.24, 2.45) is 0 Å². The number of rotatable bonds is 5. The third-order valence-electron chi connectivity index (χ3n) is 2.23. The fraction of sp³-hybridized carbons (Fsp3) is 0.364. The van der Waals surface area contributed by atoms with Gasteiger partial charge < -0.3 is 10.5 Å². The van der Waals surface area contributed by atoms with Crippen LogP contribution in [0.3, 0.4) is 0 Å². The van der Waals surface area contributed by atoms with Crippen LogP contribution in [-0.4, -0.2) is 27.0 Å². The Morgan fingerprint density at radius 3 is 2.68 bits per heavy atom. The highest BCUT2D eigenvalue weighted by Gasteiger charge is 2.24. The van der Waals surface area contributed by atoms with Gasteiger partial charge in [-0.2, -0.15) is 4.72 Å². The van der Waals surface area contributed by atoms with Crippen LogP contribution in [0.2, 0.25) is 0 Å². The standard InChI is InChI=1S/C11H15BrN2O4S/c1-3-18-11(15)7(2)14-19(16,17)10-5-4-8(12)6-9(10)13/h4-7,14H,3,13H2,1-2H3. The van der Waals surface area contributed by atoms with Gasteiger partial charge in [0.15, 0.2) is 0 Å². The first-order valence-electron chi connectivity index (χ1n) is 5.52. The molecule has 1 aromatic rings. The highest BCUT2D eigenvalue weighted by molar-refractivity contribution is 9.10. The monoisotopic (exact) mass is 350 g/mol. The van der Waals surface area contributed by atoms with Crippen LogP contribution in [0.5, 0.6) is 0 Å². The third kappa shape index (κ3) is 4.19. The van der Waals surface area contributed by atoms with Crippen LogP contribution in [0, 0.1) is 0 Å². The Bertz CT molecular complexity index is 574. The number of esters is 1. The average molecular weight is 351 g/mol. The Hall–Kier alpha value is -1.12. The van der Waals surface area contributed by atoms with Crippen molar-refractivity contribution in [3.8, 4) is 0 Å². The van der Waals surface area contributed by atoms with Crippen molar-refractivity contribution in [1.82, 2.24) is 4.72 Å². The summed E-state index contributed by atoms with van der Waals surface area (Å²) in [5, 5.41) is 0. The topological polar surface area (TPSA) is 98.5 Å². The van der Waals surface area contributed by atoms with E-state index in [1.165, 1.54) is 19.1 Å². The number of sulfonamides is 1. The summed E-state index contributed by atoms with van der Waals surface area (Å²) >= 11 is 3.19. The van der Waals surface area contributed by atoms with E-state index in [4.69, 9.17) is 10.5 Å². The molecule has 0 aromatic heterocycles. The number of nitrogens with one attached hydrogen (secondary N) is 1. The molecule has 0 saturated heterocycles. The van der Waals surface area contributed by atoms with E-state index in [1.807, 2.05) is 0 Å². The molecule has 8 heteroatoms. The minimum absolute atomic E-state index is 0.0770. The van der Waals surface area contributed by atoms with Crippen molar-refractivity contribution in [1.29, 1.82) is 0 Å². The Kier molecular flexibility index (Phi) is 5.33. The highest BCUT2D eigenvalue weighted by atomic mass is 79.9. The summed E-state index contributed by atoms with van der Waals surface area (Å²) in [4.78, 5) is 11.3. The molecule has 0 aliphatic rings. The molecule has 3 N–H and O–H groups in total. The Morgan fingerprint density at radius 1 is 1.53 bits per heavy atom. The van der Waals surface area contributed by atoms with Gasteiger partial charge in [0.25, 0.3) is 0 Å². The number of hydrogen-bond acceptors (Lipinski definition) is 5. The number of benzene rings is 1. The van der Waals surface area contributed by atoms with Crippen molar-refractivity contribution in [3.05, 3.63) is 22.7 Å². The van der Waals surface area contributed by atoms with Crippen LogP contribution in [-0.2, 0) is 19.6 Å². The minimum atomic E-state index is -3.87. The maximum atomic E-state index is 12.1. The van der Waals surface area contributed by atoms with E-state index in [2.05, 4.69) is 20.7 Å². The molecule has 1 atom stereocenters. The first-order valence-corrected chi connectivity index (χ1v) is 7.79. The summed E-state index contributed by atoms with van der Waals surface area (Å²) in [5.41, 5.74) is 5.75. The first-order chi connectivity index (χ1) is 8.77. The second-order valence-electron chi connectivity index (χ2n) is 3.78. The number of halogens is 1. The number of nitrogen functional groups attached to an aromatic ring is 1. The molecule has 1 unspecified atom stereocenters. The molecule has 0 radical (unpaired) electrons. The van der Waals surface area contributed by atoms with E-state index < -0.39 is 22.0 Å². The second kappa shape index (κ2) is 6.36. The van der Waals surface area contributed by atoms with Gasteiger partial charge in [0.1, 0.15) is 10.9 Å². The minimum Gasteiger partial charge on any atom is -0.465 e. The fourth-order valence-corrected chi connectivity index (χ4v) is 3.06. The molecule has 0 saturated carbocycles. The van der Waals surface area contributed by atoms with Gasteiger partial charge in [0, 0.05) is 4.47 Å². The van der Waals surface area contributed by atoms with Gasteiger partial charge in [0.2, 0.25) is 10.0 Å². The number of nitrogens with two attached hydrogens (primary N) is 1. The van der Waals surface area contributed by atoms with E-state index in [-0.39, 0.29) is 17.2 Å². The number of carbonyl (C=O) groups is 1. The van der Waals surface area contributed by atoms with Crippen molar-refractivity contribution in [2.45, 2.75) is 24.8 Å². The summed E-state index contributed by atoms with van der Waals surface area (Å²) in [6.45, 7) is 3.24. The van der Waals surface area contributed by atoms with Gasteiger partial charge in [-0.3, -0.25) is 4.79 Å². The lowest BCUT2D eigenvalue weighted by Gasteiger charge is -2.14. The zero-order valence-electron chi connectivity index (χ0n) is 10.5. The number of carbonyl (C=O) groups excluding carboxylic acids is 1. The molecule has 0 spiro atoms. The van der Waals surface area contributed by atoms with E-state index in [9.17, 15) is 13.2 Å². The van der Waals surface area contributed by atoms with Crippen molar-refractivity contribution < 1.29 is 17.9 Å². The first kappa shape index (κ1) is 15.9. The third-order valence-corrected chi connectivity index (χ3v) is 4.34. The quantitative estimate of drug-likeness (QED) is 0.615. The van der Waals surface area contributed by atoms with E-state index >= 15 is 0 Å². The maximum Gasteiger partial charge on any atom is 0.323 e. The van der Waals surface area contributed by atoms with Gasteiger partial charge in [-0.25, -0.2) is 8.42 Å². The average Bonchev–Trinajstić information content (AvgIpc) is 2.27. The second-order valence-corrected chi connectivity index (χ2v) is 6.38. The Labute approximate surface area is 120 Å². The van der Waals surface area contributed by atoms with Gasteiger partial charge in [0.05, 0.1) is 12.3 Å². The SMILES string of the molecule is CCOC(=O)C(C)NS(=O)(=O)c1ccc(Br)cc1N. The molecule has 0 bridgehead atoms. The zero-order chi connectivity index (χ0) is 14.6. The van der Waals surface area contributed by atoms with Crippen LogP contribution in [0.15, 0.2) is 27.6 Å². The summed E-state index contributed by atoms with van der Waals surface area (Å²) in [6.07, 6.45) is 0. The highest BCUT2D eigenvalue weighted by Crippen LogP contribution is 2.22. The lowest BCUT2D eigenvalue weighted by Crippen LogP contribution is -2.39. The summed E-state index contributed by atoms with van der Waals surface area (Å²) in [6, 6.07) is 3.41. The predicted octanol–water partition coefficient (Wildman–Crippen LogP) is 1.26. The Morgan fingerprint density at radius 2 is 2.16 bits per heavy atom. The maximum absolute atomic E-state index is 12.1. The summed E-state index contributed by atoms with van der Waals surface area (Å²) in [7, 11) is -3.87. The smallest absolute Gasteiger partial charge is 0.323 e. The molecule has 0 amide bonds. The molecule has 1 aromatic carbocycles. The number of anilines is 1. The molecule has 0 aliphatic carbocycles. The van der Waals surface area contributed by atoms with E-state index in [1.54, 1.807) is 13.0 Å². The lowest BCUT2D eigenvalue weighted by molar-refractivity contribution is -0.144. The predicted molar refractivity (Wildman–Crippen MR) is 75.0 cm³/mol. The van der Waals surface area contributed by atoms with Crippen LogP contribution in [0.4, 0.5) is 5.69 Å². The molecule has 19 heavy (non-hydrogen) atoms. The van der Waals surface area contributed by atoms with Crippen molar-refractivity contribution >= 4 is 37.6 Å². The fourth-order valence-electron chi connectivity index (χ4n) is 1.38. The molecule has 0 aliphatic heterocycles. The van der Waals surface area contributed by atoms with Crippen LogP contribution >= 0.6 is 15.9 Å². The van der Waals surface area contributed by atoms with Crippen LogP contribution in [0.25, 0.3) is 0 Å². The van der Waals surface area contributed by atoms with E-state index in [0.717, 1.165) is 0 Å². The molecule has 6 nitrogen and oxygen atoms in total. The van der Waals surface area contributed by atoms with Crippen molar-refractivity contribution in [3.63, 3.8) is 0 Å². The Balaban J connectivity index is 2.95. The molecule has 1 rings (SSSR count). The molecular weight excluding hydrogens is 336 g/mol. The molecule has 106 valence electrons. The summed E-state index contributed by atoms with van der Waals surface area (Å²) in [5.74, 6) is -0.637. The van der Waals surface area contributed by atoms with E-state index in [0.29, 0.717) is 4.47 Å². The van der Waals surface area contributed by atoms with Gasteiger partial charge in [-0.1, -0.05) is 15.9 Å². The number of hydrogen-bond donors (Lipinski definition) is 2. The zero-order valence-corrected chi connectivity index (χ0v) is 12.9. The van der Waals surface area contributed by atoms with Crippen molar-refractivity contribution in [2.75, 3.05) is 12.3 Å². The summed E-state index contributed by atoms with van der Waals surface area (Å²) < 4.78 is 31.8. The van der Waals surface area contributed by atoms with Crippen LogP contribution < -0.4 is 10.5 Å². The van der Waals surface area contributed by atoms with Gasteiger partial charge in [-0.05, 0) is 32.0 Å². The molecule has 0 heterocycles. The van der Waals surface area contributed by atoms with Gasteiger partial charge in [-0.15, -0.1) is 0 Å².